The smallest absolute Gasteiger partial charge is 0.255 e. The number of amides is 1. The van der Waals surface area contributed by atoms with Crippen LogP contribution in [-0.4, -0.2) is 24.9 Å². The van der Waals surface area contributed by atoms with Gasteiger partial charge in [-0.3, -0.25) is 10.2 Å². The molecule has 0 unspecified atom stereocenters. The van der Waals surface area contributed by atoms with E-state index in [0.717, 1.165) is 5.69 Å². The molecular formula is C20H19N5O2. The minimum Gasteiger partial charge on any atom is -0.472 e. The summed E-state index contributed by atoms with van der Waals surface area (Å²) in [6, 6.07) is 11.7. The van der Waals surface area contributed by atoms with Gasteiger partial charge in [-0.2, -0.15) is 0 Å². The molecule has 0 saturated heterocycles. The van der Waals surface area contributed by atoms with Crippen molar-refractivity contribution in [1.82, 2.24) is 0 Å². The summed E-state index contributed by atoms with van der Waals surface area (Å²) in [4.78, 5) is 12.6. The summed E-state index contributed by atoms with van der Waals surface area (Å²) in [5, 5.41) is 21.5. The number of carbonyl (C=O) groups excluding carboxylic acids is 1. The molecule has 3 rings (SSSR count). The zero-order valence-electron chi connectivity index (χ0n) is 14.7. The number of hydrogen-bond donors (Lipinski definition) is 5. The second-order valence-corrected chi connectivity index (χ2v) is 5.84. The number of furan rings is 1. The minimum atomic E-state index is -0.314. The van der Waals surface area contributed by atoms with E-state index in [2.05, 4.69) is 10.6 Å². The van der Waals surface area contributed by atoms with Crippen LogP contribution in [0.15, 0.2) is 59.4 Å². The molecular weight excluding hydrogens is 342 g/mol. The van der Waals surface area contributed by atoms with Gasteiger partial charge < -0.3 is 26.2 Å². The lowest BCUT2D eigenvalue weighted by Gasteiger charge is -2.11. The number of rotatable bonds is 6. The largest absolute Gasteiger partial charge is 0.472 e. The molecule has 0 spiro atoms. The van der Waals surface area contributed by atoms with Crippen LogP contribution in [-0.2, 0) is 0 Å². The molecule has 1 amide bonds. The zero-order valence-corrected chi connectivity index (χ0v) is 14.7. The summed E-state index contributed by atoms with van der Waals surface area (Å²) < 4.78 is 5.02. The highest BCUT2D eigenvalue weighted by molar-refractivity contribution is 6.14. The Bertz CT molecular complexity index is 1010. The van der Waals surface area contributed by atoms with Crippen LogP contribution in [0.5, 0.6) is 0 Å². The van der Waals surface area contributed by atoms with Crippen LogP contribution in [0, 0.1) is 10.8 Å². The average Bonchev–Trinajstić information content (AvgIpc) is 3.23. The van der Waals surface area contributed by atoms with Crippen molar-refractivity contribution in [2.24, 2.45) is 0 Å². The Hall–Kier alpha value is -3.87. The topological polar surface area (TPSA) is 128 Å². The van der Waals surface area contributed by atoms with Gasteiger partial charge in [0.05, 0.1) is 18.2 Å². The molecule has 7 heteroatoms. The Balaban J connectivity index is 1.86. The number of anilines is 3. The Morgan fingerprint density at radius 3 is 2.63 bits per heavy atom. The maximum atomic E-state index is 12.6. The van der Waals surface area contributed by atoms with E-state index < -0.39 is 0 Å². The van der Waals surface area contributed by atoms with Crippen molar-refractivity contribution in [2.45, 2.75) is 0 Å². The van der Waals surface area contributed by atoms with Crippen LogP contribution in [0.3, 0.4) is 0 Å². The number of benzene rings is 2. The number of hydrogen-bond acceptors (Lipinski definition) is 6. The third-order valence-electron chi connectivity index (χ3n) is 4.13. The van der Waals surface area contributed by atoms with Gasteiger partial charge in [-0.15, -0.1) is 0 Å². The molecule has 0 aliphatic rings. The van der Waals surface area contributed by atoms with Gasteiger partial charge in [0.1, 0.15) is 0 Å². The molecule has 0 radical (unpaired) electrons. The fourth-order valence-electron chi connectivity index (χ4n) is 2.67. The molecule has 0 aliphatic heterocycles. The Morgan fingerprint density at radius 1 is 1.15 bits per heavy atom. The molecule has 7 nitrogen and oxygen atoms in total. The van der Waals surface area contributed by atoms with Crippen LogP contribution < -0.4 is 16.4 Å². The second kappa shape index (κ2) is 7.57. The highest BCUT2D eigenvalue weighted by Gasteiger charge is 2.13. The maximum Gasteiger partial charge on any atom is 0.255 e. The Labute approximate surface area is 156 Å². The third kappa shape index (κ3) is 3.72. The van der Waals surface area contributed by atoms with Gasteiger partial charge in [-0.05, 0) is 42.5 Å². The molecule has 27 heavy (non-hydrogen) atoms. The average molecular weight is 361 g/mol. The maximum absolute atomic E-state index is 12.6. The molecule has 6 N–H and O–H groups in total. The van der Waals surface area contributed by atoms with Crippen LogP contribution in [0.4, 0.5) is 17.1 Å². The fourth-order valence-corrected chi connectivity index (χ4v) is 2.67. The van der Waals surface area contributed by atoms with Crippen molar-refractivity contribution in [2.75, 3.05) is 23.4 Å². The lowest BCUT2D eigenvalue weighted by atomic mass is 10.0. The fraction of sp³-hybridized carbons (Fsp3) is 0.0500. The third-order valence-corrected chi connectivity index (χ3v) is 4.13. The quantitative estimate of drug-likeness (QED) is 0.339. The van der Waals surface area contributed by atoms with Crippen molar-refractivity contribution in [3.8, 4) is 0 Å². The van der Waals surface area contributed by atoms with E-state index in [0.29, 0.717) is 33.6 Å². The van der Waals surface area contributed by atoms with Gasteiger partial charge >= 0.3 is 0 Å². The van der Waals surface area contributed by atoms with Crippen LogP contribution in [0.25, 0.3) is 0 Å². The van der Waals surface area contributed by atoms with Crippen molar-refractivity contribution in [1.29, 1.82) is 10.8 Å². The van der Waals surface area contributed by atoms with E-state index in [9.17, 15) is 4.79 Å². The standard InChI is InChI=1S/C20H19N5O2/c1-24-18-5-2-12(8-14(18)10-21)20(26)25-15-3-4-17(22)16(9-15)19(23)13-6-7-27-11-13/h2-11,21,23-24H,22H2,1H3,(H,25,26). The first-order valence-corrected chi connectivity index (χ1v) is 8.18. The van der Waals surface area contributed by atoms with Gasteiger partial charge in [-0.1, -0.05) is 0 Å². The summed E-state index contributed by atoms with van der Waals surface area (Å²) >= 11 is 0. The molecule has 0 saturated carbocycles. The molecule has 1 heterocycles. The Morgan fingerprint density at radius 2 is 1.96 bits per heavy atom. The SMILES string of the molecule is CNc1ccc(C(=O)Nc2ccc(N)c(C(=N)c3ccoc3)c2)cc1C=N. The van der Waals surface area contributed by atoms with E-state index in [-0.39, 0.29) is 11.6 Å². The van der Waals surface area contributed by atoms with Gasteiger partial charge in [0.2, 0.25) is 0 Å². The lowest BCUT2D eigenvalue weighted by Crippen LogP contribution is -2.14. The Kier molecular flexibility index (Phi) is 5.03. The molecule has 2 aromatic carbocycles. The van der Waals surface area contributed by atoms with E-state index in [1.807, 2.05) is 0 Å². The van der Waals surface area contributed by atoms with Crippen molar-refractivity contribution in [3.63, 3.8) is 0 Å². The summed E-state index contributed by atoms with van der Waals surface area (Å²) in [6.07, 6.45) is 4.15. The first kappa shape index (κ1) is 17.9. The monoisotopic (exact) mass is 361 g/mol. The van der Waals surface area contributed by atoms with Crippen LogP contribution in [0.2, 0.25) is 0 Å². The summed E-state index contributed by atoms with van der Waals surface area (Å²) in [7, 11) is 1.76. The molecule has 1 aromatic heterocycles. The predicted molar refractivity (Wildman–Crippen MR) is 107 cm³/mol. The number of nitrogens with two attached hydrogens (primary N) is 1. The van der Waals surface area contributed by atoms with E-state index in [1.165, 1.54) is 18.7 Å². The number of nitrogen functional groups attached to an aromatic ring is 1. The van der Waals surface area contributed by atoms with Gasteiger partial charge in [0, 0.05) is 52.6 Å². The first-order valence-electron chi connectivity index (χ1n) is 8.18. The summed E-state index contributed by atoms with van der Waals surface area (Å²) in [5.74, 6) is -0.314. The normalized spacial score (nSPS) is 10.3. The first-order chi connectivity index (χ1) is 13.0. The van der Waals surface area contributed by atoms with E-state index in [4.69, 9.17) is 21.0 Å². The zero-order chi connectivity index (χ0) is 19.4. The van der Waals surface area contributed by atoms with Crippen molar-refractivity contribution in [3.05, 3.63) is 77.2 Å². The number of carbonyl (C=O) groups is 1. The minimum absolute atomic E-state index is 0.210. The van der Waals surface area contributed by atoms with Gasteiger partial charge in [-0.25, -0.2) is 0 Å². The highest BCUT2D eigenvalue weighted by Crippen LogP contribution is 2.22. The molecule has 3 aromatic rings. The van der Waals surface area contributed by atoms with E-state index >= 15 is 0 Å². The predicted octanol–water partition coefficient (Wildman–Crippen LogP) is 3.57. The highest BCUT2D eigenvalue weighted by atomic mass is 16.3. The molecule has 0 fully saturated rings. The van der Waals surface area contributed by atoms with Crippen molar-refractivity contribution < 1.29 is 9.21 Å². The van der Waals surface area contributed by atoms with Gasteiger partial charge in [0.25, 0.3) is 5.91 Å². The lowest BCUT2D eigenvalue weighted by molar-refractivity contribution is 0.102. The number of nitrogens with one attached hydrogen (secondary N) is 4. The van der Waals surface area contributed by atoms with Crippen LogP contribution >= 0.6 is 0 Å². The molecule has 0 bridgehead atoms. The van der Waals surface area contributed by atoms with Gasteiger partial charge in [0.15, 0.2) is 0 Å². The summed E-state index contributed by atoms with van der Waals surface area (Å²) in [6.45, 7) is 0. The molecule has 136 valence electrons. The van der Waals surface area contributed by atoms with Crippen LogP contribution in [0.1, 0.15) is 27.0 Å². The molecule has 0 aliphatic carbocycles. The second-order valence-electron chi connectivity index (χ2n) is 5.84. The molecule has 0 atom stereocenters. The van der Waals surface area contributed by atoms with Crippen molar-refractivity contribution >= 4 is 34.9 Å². The van der Waals surface area contributed by atoms with E-state index in [1.54, 1.807) is 49.5 Å². The summed E-state index contributed by atoms with van der Waals surface area (Å²) in [5.41, 5.74) is 10.1.